The summed E-state index contributed by atoms with van der Waals surface area (Å²) in [6, 6.07) is 4.04. The number of aryl methyl sites for hydroxylation is 1. The van der Waals surface area contributed by atoms with Gasteiger partial charge in [0.2, 0.25) is 4.47 Å². The first kappa shape index (κ1) is 12.4. The second-order valence-electron chi connectivity index (χ2n) is 3.46. The Balaban J connectivity index is 1.61. The standard InChI is InChI=1S/C11H12ClN3OS/c12-11-15-14-10(17-11)8-16-7-1-2-9-3-5-13-6-4-9/h3-6H,1-2,7-8H2. The van der Waals surface area contributed by atoms with E-state index in [1.54, 1.807) is 12.4 Å². The molecular formula is C11H12ClN3OS. The van der Waals surface area contributed by atoms with Crippen LogP contribution in [0.3, 0.4) is 0 Å². The molecule has 0 atom stereocenters. The van der Waals surface area contributed by atoms with Gasteiger partial charge in [-0.25, -0.2) is 0 Å². The fraction of sp³-hybridized carbons (Fsp3) is 0.364. The molecule has 0 amide bonds. The van der Waals surface area contributed by atoms with E-state index in [0.717, 1.165) is 17.8 Å². The summed E-state index contributed by atoms with van der Waals surface area (Å²) in [6.07, 6.45) is 5.59. The molecule has 0 aliphatic carbocycles. The quantitative estimate of drug-likeness (QED) is 0.757. The van der Waals surface area contributed by atoms with Gasteiger partial charge in [0.1, 0.15) is 11.6 Å². The minimum atomic E-state index is 0.459. The summed E-state index contributed by atoms with van der Waals surface area (Å²) in [6.45, 7) is 1.19. The van der Waals surface area contributed by atoms with Gasteiger partial charge in [-0.15, -0.1) is 10.2 Å². The fourth-order valence-electron chi connectivity index (χ4n) is 1.38. The molecule has 0 bridgehead atoms. The molecule has 4 nitrogen and oxygen atoms in total. The highest BCUT2D eigenvalue weighted by molar-refractivity contribution is 7.15. The van der Waals surface area contributed by atoms with Crippen molar-refractivity contribution in [3.8, 4) is 0 Å². The van der Waals surface area contributed by atoms with Crippen LogP contribution in [-0.4, -0.2) is 21.8 Å². The SMILES string of the molecule is Clc1nnc(COCCCc2ccncc2)s1. The Labute approximate surface area is 109 Å². The summed E-state index contributed by atoms with van der Waals surface area (Å²) >= 11 is 7.02. The lowest BCUT2D eigenvalue weighted by atomic mass is 10.1. The minimum absolute atomic E-state index is 0.459. The summed E-state index contributed by atoms with van der Waals surface area (Å²) in [7, 11) is 0. The monoisotopic (exact) mass is 269 g/mol. The molecule has 17 heavy (non-hydrogen) atoms. The molecule has 2 aromatic heterocycles. The van der Waals surface area contributed by atoms with E-state index in [9.17, 15) is 0 Å². The normalized spacial score (nSPS) is 10.6. The number of hydrogen-bond donors (Lipinski definition) is 0. The van der Waals surface area contributed by atoms with Crippen molar-refractivity contribution in [1.82, 2.24) is 15.2 Å². The second kappa shape index (κ2) is 6.64. The van der Waals surface area contributed by atoms with Crippen LogP contribution in [0.15, 0.2) is 24.5 Å². The lowest BCUT2D eigenvalue weighted by Crippen LogP contribution is -1.97. The highest BCUT2D eigenvalue weighted by Gasteiger charge is 2.01. The Hall–Kier alpha value is -1.04. The highest BCUT2D eigenvalue weighted by Crippen LogP contribution is 2.15. The van der Waals surface area contributed by atoms with Gasteiger partial charge in [0, 0.05) is 19.0 Å². The first-order valence-electron chi connectivity index (χ1n) is 5.29. The van der Waals surface area contributed by atoms with Gasteiger partial charge < -0.3 is 4.74 Å². The Kier molecular flexibility index (Phi) is 4.85. The number of nitrogens with zero attached hydrogens (tertiary/aromatic N) is 3. The molecule has 0 fully saturated rings. The Morgan fingerprint density at radius 1 is 1.24 bits per heavy atom. The maximum absolute atomic E-state index is 5.66. The van der Waals surface area contributed by atoms with Crippen LogP contribution in [0.4, 0.5) is 0 Å². The van der Waals surface area contributed by atoms with Crippen molar-refractivity contribution in [2.24, 2.45) is 0 Å². The Bertz CT molecular complexity index is 449. The number of halogens is 1. The third kappa shape index (κ3) is 4.38. The summed E-state index contributed by atoms with van der Waals surface area (Å²) < 4.78 is 5.95. The van der Waals surface area contributed by atoms with Crippen LogP contribution < -0.4 is 0 Å². The van der Waals surface area contributed by atoms with Gasteiger partial charge in [-0.05, 0) is 42.1 Å². The van der Waals surface area contributed by atoms with Crippen molar-refractivity contribution in [3.05, 3.63) is 39.6 Å². The topological polar surface area (TPSA) is 47.9 Å². The van der Waals surface area contributed by atoms with Crippen LogP contribution in [0, 0.1) is 0 Å². The van der Waals surface area contributed by atoms with E-state index in [0.29, 0.717) is 17.7 Å². The molecule has 0 spiro atoms. The van der Waals surface area contributed by atoms with Crippen molar-refractivity contribution >= 4 is 22.9 Å². The van der Waals surface area contributed by atoms with E-state index < -0.39 is 0 Å². The van der Waals surface area contributed by atoms with Crippen LogP contribution in [0.1, 0.15) is 17.0 Å². The van der Waals surface area contributed by atoms with Gasteiger partial charge in [0.25, 0.3) is 0 Å². The lowest BCUT2D eigenvalue weighted by Gasteiger charge is -2.01. The Morgan fingerprint density at radius 2 is 2.06 bits per heavy atom. The predicted octanol–water partition coefficient (Wildman–Crippen LogP) is 2.74. The van der Waals surface area contributed by atoms with Crippen LogP contribution in [0.25, 0.3) is 0 Å². The van der Waals surface area contributed by atoms with Gasteiger partial charge in [0.15, 0.2) is 0 Å². The number of aromatic nitrogens is 3. The Morgan fingerprint density at radius 3 is 2.76 bits per heavy atom. The van der Waals surface area contributed by atoms with Crippen LogP contribution >= 0.6 is 22.9 Å². The zero-order valence-electron chi connectivity index (χ0n) is 9.17. The zero-order chi connectivity index (χ0) is 11.9. The van der Waals surface area contributed by atoms with Crippen molar-refractivity contribution in [3.63, 3.8) is 0 Å². The molecule has 0 saturated heterocycles. The largest absolute Gasteiger partial charge is 0.374 e. The average Bonchev–Trinajstić information content (AvgIpc) is 2.76. The number of pyridine rings is 1. The van der Waals surface area contributed by atoms with Gasteiger partial charge in [0.05, 0.1) is 0 Å². The molecule has 90 valence electrons. The van der Waals surface area contributed by atoms with Gasteiger partial charge in [-0.1, -0.05) is 11.3 Å². The molecule has 0 radical (unpaired) electrons. The molecule has 2 aromatic rings. The summed E-state index contributed by atoms with van der Waals surface area (Å²) in [4.78, 5) is 3.97. The van der Waals surface area contributed by atoms with Gasteiger partial charge in [-0.2, -0.15) is 0 Å². The van der Waals surface area contributed by atoms with Crippen LogP contribution in [0.5, 0.6) is 0 Å². The second-order valence-corrected chi connectivity index (χ2v) is 5.10. The molecule has 0 aliphatic heterocycles. The van der Waals surface area contributed by atoms with Crippen LogP contribution in [0.2, 0.25) is 4.47 Å². The van der Waals surface area contributed by atoms with E-state index >= 15 is 0 Å². The van der Waals surface area contributed by atoms with Crippen LogP contribution in [-0.2, 0) is 17.8 Å². The highest BCUT2D eigenvalue weighted by atomic mass is 35.5. The molecule has 0 N–H and O–H groups in total. The lowest BCUT2D eigenvalue weighted by molar-refractivity contribution is 0.118. The van der Waals surface area contributed by atoms with Gasteiger partial charge >= 0.3 is 0 Å². The number of hydrogen-bond acceptors (Lipinski definition) is 5. The molecule has 0 unspecified atom stereocenters. The predicted molar refractivity (Wildman–Crippen MR) is 67.1 cm³/mol. The summed E-state index contributed by atoms with van der Waals surface area (Å²) in [5, 5.41) is 8.40. The molecule has 0 aromatic carbocycles. The van der Waals surface area contributed by atoms with E-state index in [1.807, 2.05) is 12.1 Å². The molecule has 2 heterocycles. The summed E-state index contributed by atoms with van der Waals surface area (Å²) in [5.41, 5.74) is 1.28. The summed E-state index contributed by atoms with van der Waals surface area (Å²) in [5.74, 6) is 0. The molecular weight excluding hydrogens is 258 g/mol. The molecule has 2 rings (SSSR count). The average molecular weight is 270 g/mol. The maximum atomic E-state index is 5.66. The third-order valence-corrected chi connectivity index (χ3v) is 3.16. The third-order valence-electron chi connectivity index (χ3n) is 2.17. The van der Waals surface area contributed by atoms with Crippen molar-refractivity contribution < 1.29 is 4.74 Å². The zero-order valence-corrected chi connectivity index (χ0v) is 10.7. The van der Waals surface area contributed by atoms with E-state index in [-0.39, 0.29) is 0 Å². The van der Waals surface area contributed by atoms with Crippen molar-refractivity contribution in [2.75, 3.05) is 6.61 Å². The molecule has 0 saturated carbocycles. The van der Waals surface area contributed by atoms with E-state index in [2.05, 4.69) is 15.2 Å². The number of rotatable bonds is 6. The first-order valence-corrected chi connectivity index (χ1v) is 6.48. The van der Waals surface area contributed by atoms with Gasteiger partial charge in [-0.3, -0.25) is 4.98 Å². The number of ether oxygens (including phenoxy) is 1. The van der Waals surface area contributed by atoms with E-state index in [4.69, 9.17) is 16.3 Å². The first-order chi connectivity index (χ1) is 8.34. The molecule has 0 aliphatic rings. The minimum Gasteiger partial charge on any atom is -0.374 e. The maximum Gasteiger partial charge on any atom is 0.207 e. The van der Waals surface area contributed by atoms with E-state index in [1.165, 1.54) is 16.9 Å². The fourth-order valence-corrected chi connectivity index (χ4v) is 2.18. The molecule has 6 heteroatoms. The smallest absolute Gasteiger partial charge is 0.207 e. The van der Waals surface area contributed by atoms with Crippen molar-refractivity contribution in [1.29, 1.82) is 0 Å². The van der Waals surface area contributed by atoms with Crippen molar-refractivity contribution in [2.45, 2.75) is 19.4 Å².